The molecule has 0 bridgehead atoms. The van der Waals surface area contributed by atoms with Crippen LogP contribution in [0.15, 0.2) is 6.33 Å². The fourth-order valence-electron chi connectivity index (χ4n) is 1.21. The highest BCUT2D eigenvalue weighted by atomic mass is 16.2. The lowest BCUT2D eigenvalue weighted by molar-refractivity contribution is -0.128. The van der Waals surface area contributed by atoms with Crippen molar-refractivity contribution >= 4 is 5.91 Å². The minimum atomic E-state index is 0.108. The summed E-state index contributed by atoms with van der Waals surface area (Å²) in [7, 11) is 3.63. The van der Waals surface area contributed by atoms with Gasteiger partial charge in [-0.15, -0.1) is 0 Å². The molecule has 0 spiro atoms. The van der Waals surface area contributed by atoms with Crippen LogP contribution in [0.5, 0.6) is 0 Å². The number of hydrogen-bond donors (Lipinski definition) is 1. The number of carbonyl (C=O) groups is 1. The summed E-state index contributed by atoms with van der Waals surface area (Å²) in [5, 5.41) is 7.23. The van der Waals surface area contributed by atoms with Crippen molar-refractivity contribution in [3.63, 3.8) is 0 Å². The number of nitrogens with one attached hydrogen (secondary N) is 1. The van der Waals surface area contributed by atoms with Crippen LogP contribution >= 0.6 is 0 Å². The summed E-state index contributed by atoms with van der Waals surface area (Å²) < 4.78 is 1.67. The molecule has 6 heteroatoms. The van der Waals surface area contributed by atoms with E-state index in [9.17, 15) is 4.79 Å². The number of nitrogens with zero attached hydrogens (tertiary/aromatic N) is 4. The Kier molecular flexibility index (Phi) is 4.91. The van der Waals surface area contributed by atoms with E-state index in [1.54, 1.807) is 23.0 Å². The topological polar surface area (TPSA) is 63.1 Å². The van der Waals surface area contributed by atoms with Crippen LogP contribution in [0.2, 0.25) is 0 Å². The van der Waals surface area contributed by atoms with Crippen LogP contribution in [-0.2, 0) is 18.3 Å². The van der Waals surface area contributed by atoms with Crippen molar-refractivity contribution in [2.24, 2.45) is 7.05 Å². The first kappa shape index (κ1) is 12.6. The standard InChI is InChI=1S/C10H19N5O/c1-4-14(2)10(16)7-11-6-5-9-12-8-15(3)13-9/h8,11H,4-7H2,1-3H3. The summed E-state index contributed by atoms with van der Waals surface area (Å²) in [6.45, 7) is 3.78. The molecule has 0 aromatic carbocycles. The van der Waals surface area contributed by atoms with Crippen molar-refractivity contribution in [2.75, 3.05) is 26.7 Å². The van der Waals surface area contributed by atoms with Crippen molar-refractivity contribution in [2.45, 2.75) is 13.3 Å². The number of rotatable bonds is 6. The van der Waals surface area contributed by atoms with Crippen molar-refractivity contribution < 1.29 is 4.79 Å². The molecule has 0 fully saturated rings. The lowest BCUT2D eigenvalue weighted by atomic mass is 10.4. The second-order valence-corrected chi connectivity index (χ2v) is 3.67. The van der Waals surface area contributed by atoms with Crippen molar-refractivity contribution in [3.05, 3.63) is 12.2 Å². The predicted octanol–water partition coefficient (Wildman–Crippen LogP) is -0.574. The van der Waals surface area contributed by atoms with Gasteiger partial charge < -0.3 is 10.2 Å². The molecule has 1 rings (SSSR count). The predicted molar refractivity (Wildman–Crippen MR) is 60.9 cm³/mol. The molecule has 90 valence electrons. The van der Waals surface area contributed by atoms with Gasteiger partial charge in [-0.3, -0.25) is 9.48 Å². The van der Waals surface area contributed by atoms with E-state index in [1.807, 2.05) is 14.0 Å². The quantitative estimate of drug-likeness (QED) is 0.658. The Labute approximate surface area is 95.6 Å². The van der Waals surface area contributed by atoms with Crippen LogP contribution in [0.3, 0.4) is 0 Å². The molecule has 1 heterocycles. The smallest absolute Gasteiger partial charge is 0.236 e. The van der Waals surface area contributed by atoms with Crippen molar-refractivity contribution in [1.82, 2.24) is 25.0 Å². The van der Waals surface area contributed by atoms with Crippen LogP contribution in [0.1, 0.15) is 12.7 Å². The van der Waals surface area contributed by atoms with Gasteiger partial charge in [0, 0.05) is 33.6 Å². The fraction of sp³-hybridized carbons (Fsp3) is 0.700. The third-order valence-electron chi connectivity index (χ3n) is 2.35. The van der Waals surface area contributed by atoms with E-state index in [0.29, 0.717) is 13.1 Å². The Morgan fingerprint density at radius 1 is 1.62 bits per heavy atom. The minimum Gasteiger partial charge on any atom is -0.345 e. The van der Waals surface area contributed by atoms with E-state index in [0.717, 1.165) is 18.8 Å². The van der Waals surface area contributed by atoms with Gasteiger partial charge in [0.15, 0.2) is 5.82 Å². The van der Waals surface area contributed by atoms with E-state index < -0.39 is 0 Å². The second kappa shape index (κ2) is 6.22. The molecule has 0 saturated carbocycles. The fourth-order valence-corrected chi connectivity index (χ4v) is 1.21. The molecule has 0 saturated heterocycles. The average Bonchev–Trinajstić information content (AvgIpc) is 2.69. The van der Waals surface area contributed by atoms with E-state index in [2.05, 4.69) is 15.4 Å². The highest BCUT2D eigenvalue weighted by Crippen LogP contribution is 1.88. The van der Waals surface area contributed by atoms with Gasteiger partial charge in [0.25, 0.3) is 0 Å². The summed E-state index contributed by atoms with van der Waals surface area (Å²) in [5.41, 5.74) is 0. The molecule has 1 aromatic rings. The number of aryl methyl sites for hydroxylation is 1. The Balaban J connectivity index is 2.15. The SMILES string of the molecule is CCN(C)C(=O)CNCCc1ncn(C)n1. The Morgan fingerprint density at radius 2 is 2.38 bits per heavy atom. The number of amides is 1. The monoisotopic (exact) mass is 225 g/mol. The molecular formula is C10H19N5O. The van der Waals surface area contributed by atoms with Crippen LogP contribution in [-0.4, -0.2) is 52.3 Å². The maximum absolute atomic E-state index is 11.4. The molecule has 0 aliphatic rings. The highest BCUT2D eigenvalue weighted by molar-refractivity contribution is 5.77. The van der Waals surface area contributed by atoms with Gasteiger partial charge in [0.05, 0.1) is 6.54 Å². The van der Waals surface area contributed by atoms with Gasteiger partial charge in [-0.1, -0.05) is 0 Å². The molecule has 0 aliphatic heterocycles. The third kappa shape index (κ3) is 3.98. The van der Waals surface area contributed by atoms with E-state index in [4.69, 9.17) is 0 Å². The molecule has 1 aromatic heterocycles. The molecule has 0 aliphatic carbocycles. The number of hydrogen-bond acceptors (Lipinski definition) is 4. The van der Waals surface area contributed by atoms with E-state index in [-0.39, 0.29) is 5.91 Å². The maximum atomic E-state index is 11.4. The van der Waals surface area contributed by atoms with Gasteiger partial charge >= 0.3 is 0 Å². The second-order valence-electron chi connectivity index (χ2n) is 3.67. The Hall–Kier alpha value is -1.43. The molecule has 0 radical (unpaired) electrons. The zero-order chi connectivity index (χ0) is 12.0. The van der Waals surface area contributed by atoms with Crippen LogP contribution in [0, 0.1) is 0 Å². The number of aromatic nitrogens is 3. The van der Waals surface area contributed by atoms with Gasteiger partial charge in [0.1, 0.15) is 6.33 Å². The van der Waals surface area contributed by atoms with Gasteiger partial charge in [-0.25, -0.2) is 4.98 Å². The molecule has 0 atom stereocenters. The highest BCUT2D eigenvalue weighted by Gasteiger charge is 2.05. The Morgan fingerprint density at radius 3 is 2.94 bits per heavy atom. The van der Waals surface area contributed by atoms with Gasteiger partial charge in [0.2, 0.25) is 5.91 Å². The Bertz CT molecular complexity index is 336. The molecule has 1 amide bonds. The average molecular weight is 225 g/mol. The van der Waals surface area contributed by atoms with Crippen LogP contribution < -0.4 is 5.32 Å². The van der Waals surface area contributed by atoms with Gasteiger partial charge in [-0.05, 0) is 6.92 Å². The summed E-state index contributed by atoms with van der Waals surface area (Å²) in [5.74, 6) is 0.905. The molecule has 6 nitrogen and oxygen atoms in total. The third-order valence-corrected chi connectivity index (χ3v) is 2.35. The lowest BCUT2D eigenvalue weighted by Gasteiger charge is -2.14. The zero-order valence-corrected chi connectivity index (χ0v) is 10.1. The first-order valence-corrected chi connectivity index (χ1v) is 5.42. The van der Waals surface area contributed by atoms with Crippen molar-refractivity contribution in [1.29, 1.82) is 0 Å². The van der Waals surface area contributed by atoms with Gasteiger partial charge in [-0.2, -0.15) is 5.10 Å². The number of carbonyl (C=O) groups excluding carboxylic acids is 1. The zero-order valence-electron chi connectivity index (χ0n) is 10.1. The van der Waals surface area contributed by atoms with E-state index in [1.165, 1.54) is 0 Å². The molecule has 16 heavy (non-hydrogen) atoms. The maximum Gasteiger partial charge on any atom is 0.236 e. The normalized spacial score (nSPS) is 10.4. The van der Waals surface area contributed by atoms with E-state index >= 15 is 0 Å². The number of likely N-dealkylation sites (N-methyl/N-ethyl adjacent to an activating group) is 1. The van der Waals surface area contributed by atoms with Crippen LogP contribution in [0.4, 0.5) is 0 Å². The molecule has 1 N–H and O–H groups in total. The largest absolute Gasteiger partial charge is 0.345 e. The summed E-state index contributed by atoms with van der Waals surface area (Å²) in [6, 6.07) is 0. The molecule has 0 unspecified atom stereocenters. The first-order valence-electron chi connectivity index (χ1n) is 5.42. The summed E-state index contributed by atoms with van der Waals surface area (Å²) in [6.07, 6.45) is 2.41. The van der Waals surface area contributed by atoms with Crippen molar-refractivity contribution in [3.8, 4) is 0 Å². The first-order chi connectivity index (χ1) is 7.63. The summed E-state index contributed by atoms with van der Waals surface area (Å²) >= 11 is 0. The lowest BCUT2D eigenvalue weighted by Crippen LogP contribution is -2.36. The minimum absolute atomic E-state index is 0.108. The summed E-state index contributed by atoms with van der Waals surface area (Å²) in [4.78, 5) is 17.2. The molecular weight excluding hydrogens is 206 g/mol. The van der Waals surface area contributed by atoms with Crippen LogP contribution in [0.25, 0.3) is 0 Å².